The summed E-state index contributed by atoms with van der Waals surface area (Å²) >= 11 is 0. The van der Waals surface area contributed by atoms with Crippen molar-refractivity contribution in [3.05, 3.63) is 54.1 Å². The molecule has 132 valence electrons. The molecule has 1 heterocycles. The predicted octanol–water partition coefficient (Wildman–Crippen LogP) is 0.954. The molecule has 2 rings (SSSR count). The number of hydrogen-bond acceptors (Lipinski definition) is 6. The molecule has 0 radical (unpaired) electrons. The number of esters is 1. The predicted molar refractivity (Wildman–Crippen MR) is 89.4 cm³/mol. The highest BCUT2D eigenvalue weighted by Crippen LogP contribution is 2.03. The van der Waals surface area contributed by atoms with E-state index in [2.05, 4.69) is 15.3 Å². The molecule has 0 aliphatic rings. The summed E-state index contributed by atoms with van der Waals surface area (Å²) in [6.07, 6.45) is 3.70. The zero-order valence-electron chi connectivity index (χ0n) is 13.8. The summed E-state index contributed by atoms with van der Waals surface area (Å²) in [4.78, 5) is 32.9. The fourth-order valence-corrected chi connectivity index (χ4v) is 1.99. The van der Waals surface area contributed by atoms with Crippen LogP contribution in [0, 0.1) is 5.82 Å². The lowest BCUT2D eigenvalue weighted by molar-refractivity contribution is -0.147. The number of hydrogen-bond donors (Lipinski definition) is 1. The van der Waals surface area contributed by atoms with Crippen LogP contribution in [0.3, 0.4) is 0 Å². The molecule has 0 fully saturated rings. The van der Waals surface area contributed by atoms with Gasteiger partial charge in [-0.2, -0.15) is 0 Å². The first kappa shape index (κ1) is 18.3. The van der Waals surface area contributed by atoms with Gasteiger partial charge in [0.1, 0.15) is 12.4 Å². The van der Waals surface area contributed by atoms with Gasteiger partial charge in [-0.1, -0.05) is 12.1 Å². The minimum absolute atomic E-state index is 0.0626. The standard InChI is InChI=1S/C17H19FN4O3/c1-22(17-20-8-2-9-21-17)11-16(24)25-12-15(23)19-10-7-13-3-5-14(18)6-4-13/h2-6,8-9H,7,10-12H2,1H3,(H,19,23). The van der Waals surface area contributed by atoms with Crippen molar-refractivity contribution in [2.75, 3.05) is 31.6 Å². The molecule has 2 aromatic rings. The van der Waals surface area contributed by atoms with Crippen LogP contribution in [0.15, 0.2) is 42.7 Å². The molecule has 1 N–H and O–H groups in total. The summed E-state index contributed by atoms with van der Waals surface area (Å²) in [6.45, 7) is -0.0433. The summed E-state index contributed by atoms with van der Waals surface area (Å²) in [5, 5.41) is 2.64. The van der Waals surface area contributed by atoms with Crippen LogP contribution in [0.25, 0.3) is 0 Å². The first-order valence-corrected chi connectivity index (χ1v) is 7.69. The van der Waals surface area contributed by atoms with Crippen LogP contribution in [0.2, 0.25) is 0 Å². The van der Waals surface area contributed by atoms with Gasteiger partial charge in [0.05, 0.1) is 0 Å². The first-order valence-electron chi connectivity index (χ1n) is 7.69. The molecule has 0 aliphatic heterocycles. The van der Waals surface area contributed by atoms with Crippen LogP contribution in [0.1, 0.15) is 5.56 Å². The van der Waals surface area contributed by atoms with Crippen LogP contribution in [0.5, 0.6) is 0 Å². The normalized spacial score (nSPS) is 10.2. The Balaban J connectivity index is 1.64. The average Bonchev–Trinajstić information content (AvgIpc) is 2.62. The summed E-state index contributed by atoms with van der Waals surface area (Å²) in [7, 11) is 1.65. The Labute approximate surface area is 144 Å². The second-order valence-electron chi connectivity index (χ2n) is 5.29. The summed E-state index contributed by atoms with van der Waals surface area (Å²) in [6, 6.07) is 7.72. The molecule has 1 amide bonds. The van der Waals surface area contributed by atoms with Gasteiger partial charge < -0.3 is 15.0 Å². The van der Waals surface area contributed by atoms with Crippen molar-refractivity contribution in [3.8, 4) is 0 Å². The minimum Gasteiger partial charge on any atom is -0.454 e. The molecular formula is C17H19FN4O3. The van der Waals surface area contributed by atoms with E-state index in [1.807, 2.05) is 0 Å². The fraction of sp³-hybridized carbons (Fsp3) is 0.294. The van der Waals surface area contributed by atoms with Crippen molar-refractivity contribution in [2.24, 2.45) is 0 Å². The largest absolute Gasteiger partial charge is 0.454 e. The number of anilines is 1. The fourth-order valence-electron chi connectivity index (χ4n) is 1.99. The van der Waals surface area contributed by atoms with E-state index in [4.69, 9.17) is 4.74 Å². The minimum atomic E-state index is -0.552. The van der Waals surface area contributed by atoms with Crippen LogP contribution < -0.4 is 10.2 Å². The van der Waals surface area contributed by atoms with Gasteiger partial charge in [0, 0.05) is 26.0 Å². The Morgan fingerprint density at radius 1 is 1.20 bits per heavy atom. The molecule has 0 spiro atoms. The number of halogens is 1. The number of carbonyl (C=O) groups is 2. The van der Waals surface area contributed by atoms with Crippen molar-refractivity contribution >= 4 is 17.8 Å². The Morgan fingerprint density at radius 3 is 2.56 bits per heavy atom. The number of nitrogens with zero attached hydrogens (tertiary/aromatic N) is 3. The van der Waals surface area contributed by atoms with Gasteiger partial charge in [-0.25, -0.2) is 14.4 Å². The zero-order chi connectivity index (χ0) is 18.1. The first-order chi connectivity index (χ1) is 12.0. The topological polar surface area (TPSA) is 84.4 Å². The lowest BCUT2D eigenvalue weighted by Crippen LogP contribution is -2.33. The van der Waals surface area contributed by atoms with Crippen LogP contribution in [0.4, 0.5) is 10.3 Å². The second-order valence-corrected chi connectivity index (χ2v) is 5.29. The van der Waals surface area contributed by atoms with E-state index >= 15 is 0 Å². The van der Waals surface area contributed by atoms with Crippen molar-refractivity contribution in [1.29, 1.82) is 0 Å². The molecule has 0 aliphatic carbocycles. The molecule has 7 nitrogen and oxygen atoms in total. The highest BCUT2D eigenvalue weighted by molar-refractivity contribution is 5.81. The molecule has 0 saturated carbocycles. The van der Waals surface area contributed by atoms with Crippen molar-refractivity contribution in [3.63, 3.8) is 0 Å². The monoisotopic (exact) mass is 346 g/mol. The third-order valence-corrected chi connectivity index (χ3v) is 3.27. The van der Waals surface area contributed by atoms with Gasteiger partial charge in [-0.3, -0.25) is 9.59 Å². The number of ether oxygens (including phenoxy) is 1. The molecule has 0 bridgehead atoms. The molecule has 8 heteroatoms. The number of aromatic nitrogens is 2. The SMILES string of the molecule is CN(CC(=O)OCC(=O)NCCc1ccc(F)cc1)c1ncccn1. The van der Waals surface area contributed by atoms with Gasteiger partial charge in [-0.05, 0) is 30.2 Å². The van der Waals surface area contributed by atoms with Crippen molar-refractivity contribution in [2.45, 2.75) is 6.42 Å². The number of benzene rings is 1. The van der Waals surface area contributed by atoms with Gasteiger partial charge in [0.2, 0.25) is 5.95 Å². The summed E-state index contributed by atoms with van der Waals surface area (Å²) in [5.41, 5.74) is 0.906. The van der Waals surface area contributed by atoms with E-state index in [1.165, 1.54) is 17.0 Å². The lowest BCUT2D eigenvalue weighted by Gasteiger charge is -2.15. The molecular weight excluding hydrogens is 327 g/mol. The van der Waals surface area contributed by atoms with Gasteiger partial charge in [-0.15, -0.1) is 0 Å². The van der Waals surface area contributed by atoms with E-state index in [0.717, 1.165) is 5.56 Å². The van der Waals surface area contributed by atoms with Crippen LogP contribution in [-0.4, -0.2) is 48.6 Å². The number of amides is 1. The second kappa shape index (κ2) is 9.31. The maximum atomic E-state index is 12.8. The Bertz CT molecular complexity index is 695. The van der Waals surface area contributed by atoms with E-state index in [0.29, 0.717) is 18.9 Å². The molecule has 1 aromatic heterocycles. The smallest absolute Gasteiger partial charge is 0.326 e. The molecule has 1 aromatic carbocycles. The molecule has 25 heavy (non-hydrogen) atoms. The van der Waals surface area contributed by atoms with Crippen molar-refractivity contribution < 1.29 is 18.7 Å². The third-order valence-electron chi connectivity index (χ3n) is 3.27. The Hall–Kier alpha value is -3.03. The average molecular weight is 346 g/mol. The van der Waals surface area contributed by atoms with E-state index in [1.54, 1.807) is 37.6 Å². The quantitative estimate of drug-likeness (QED) is 0.717. The molecule has 0 saturated heterocycles. The van der Waals surface area contributed by atoms with Gasteiger partial charge in [0.25, 0.3) is 5.91 Å². The molecule has 0 atom stereocenters. The zero-order valence-corrected chi connectivity index (χ0v) is 13.8. The van der Waals surface area contributed by atoms with Crippen molar-refractivity contribution in [1.82, 2.24) is 15.3 Å². The Kier molecular flexibility index (Phi) is 6.82. The third kappa shape index (κ3) is 6.54. The highest BCUT2D eigenvalue weighted by Gasteiger charge is 2.12. The maximum absolute atomic E-state index is 12.8. The summed E-state index contributed by atoms with van der Waals surface area (Å²) < 4.78 is 17.7. The van der Waals surface area contributed by atoms with Crippen LogP contribution >= 0.6 is 0 Å². The van der Waals surface area contributed by atoms with E-state index in [-0.39, 0.29) is 19.0 Å². The van der Waals surface area contributed by atoms with Crippen LogP contribution in [-0.2, 0) is 20.7 Å². The summed E-state index contributed by atoms with van der Waals surface area (Å²) in [5.74, 6) is -0.855. The number of likely N-dealkylation sites (N-methyl/N-ethyl adjacent to an activating group) is 1. The number of carbonyl (C=O) groups excluding carboxylic acids is 2. The number of nitrogens with one attached hydrogen (secondary N) is 1. The highest BCUT2D eigenvalue weighted by atomic mass is 19.1. The van der Waals surface area contributed by atoms with E-state index < -0.39 is 11.9 Å². The lowest BCUT2D eigenvalue weighted by atomic mass is 10.1. The number of rotatable bonds is 8. The molecule has 0 unspecified atom stereocenters. The Morgan fingerprint density at radius 2 is 1.88 bits per heavy atom. The van der Waals surface area contributed by atoms with Gasteiger partial charge >= 0.3 is 5.97 Å². The van der Waals surface area contributed by atoms with E-state index in [9.17, 15) is 14.0 Å². The van der Waals surface area contributed by atoms with Gasteiger partial charge in [0.15, 0.2) is 6.61 Å². The maximum Gasteiger partial charge on any atom is 0.326 e.